The summed E-state index contributed by atoms with van der Waals surface area (Å²) in [5.41, 5.74) is 2.55. The fourth-order valence-corrected chi connectivity index (χ4v) is 2.87. The van der Waals surface area contributed by atoms with E-state index in [-0.39, 0.29) is 5.60 Å². The average molecular weight is 339 g/mol. The lowest BCUT2D eigenvalue weighted by Gasteiger charge is -2.08. The number of allylic oxidation sites excluding steroid dienone is 2. The third-order valence-corrected chi connectivity index (χ3v) is 4.09. The van der Waals surface area contributed by atoms with E-state index in [1.54, 1.807) is 0 Å². The summed E-state index contributed by atoms with van der Waals surface area (Å²) >= 11 is 3.42. The molecule has 1 fully saturated rings. The van der Waals surface area contributed by atoms with E-state index in [0.717, 1.165) is 18.2 Å². The first-order valence-electron chi connectivity index (χ1n) is 7.15. The highest BCUT2D eigenvalue weighted by molar-refractivity contribution is 9.09. The van der Waals surface area contributed by atoms with Crippen LogP contribution in [0.25, 0.3) is 0 Å². The standard InChI is InChI=1S/C17H23BrO2/c1-14(10-11-18)8-9-16-17(2,20-16)13-19-12-15-6-4-3-5-7-15/h3-7,10,16H,8-9,11-13H2,1-2H3/b14-10+/t16-,17-/m0/s1. The zero-order valence-electron chi connectivity index (χ0n) is 12.3. The largest absolute Gasteiger partial charge is 0.374 e. The van der Waals surface area contributed by atoms with Crippen molar-refractivity contribution < 1.29 is 9.47 Å². The smallest absolute Gasteiger partial charge is 0.115 e. The lowest BCUT2D eigenvalue weighted by Crippen LogP contribution is -2.18. The van der Waals surface area contributed by atoms with Gasteiger partial charge in [-0.05, 0) is 32.3 Å². The van der Waals surface area contributed by atoms with Gasteiger partial charge in [-0.25, -0.2) is 0 Å². The molecule has 1 heterocycles. The number of hydrogen-bond donors (Lipinski definition) is 0. The molecule has 0 saturated carbocycles. The van der Waals surface area contributed by atoms with E-state index in [9.17, 15) is 0 Å². The van der Waals surface area contributed by atoms with Crippen LogP contribution in [0, 0.1) is 0 Å². The van der Waals surface area contributed by atoms with Gasteiger partial charge in [0.25, 0.3) is 0 Å². The molecular weight excluding hydrogens is 316 g/mol. The van der Waals surface area contributed by atoms with Crippen LogP contribution in [-0.2, 0) is 16.1 Å². The van der Waals surface area contributed by atoms with Crippen LogP contribution in [0.15, 0.2) is 42.0 Å². The summed E-state index contributed by atoms with van der Waals surface area (Å²) in [6, 6.07) is 10.3. The Morgan fingerprint density at radius 2 is 2.15 bits per heavy atom. The molecule has 1 saturated heterocycles. The highest BCUT2D eigenvalue weighted by Crippen LogP contribution is 2.40. The maximum absolute atomic E-state index is 5.81. The van der Waals surface area contributed by atoms with Crippen LogP contribution in [0.1, 0.15) is 32.3 Å². The molecule has 1 aromatic rings. The van der Waals surface area contributed by atoms with Gasteiger partial charge >= 0.3 is 0 Å². The summed E-state index contributed by atoms with van der Waals surface area (Å²) in [5.74, 6) is 0. The number of epoxide rings is 1. The van der Waals surface area contributed by atoms with E-state index >= 15 is 0 Å². The van der Waals surface area contributed by atoms with Crippen molar-refractivity contribution >= 4 is 15.9 Å². The minimum atomic E-state index is -0.0799. The van der Waals surface area contributed by atoms with Gasteiger partial charge in [-0.15, -0.1) is 0 Å². The molecule has 0 unspecified atom stereocenters. The normalized spacial score (nSPS) is 25.8. The molecule has 110 valence electrons. The van der Waals surface area contributed by atoms with Crippen LogP contribution in [0.2, 0.25) is 0 Å². The molecule has 1 aliphatic rings. The fourth-order valence-electron chi connectivity index (χ4n) is 2.32. The fraction of sp³-hybridized carbons (Fsp3) is 0.529. The van der Waals surface area contributed by atoms with Crippen molar-refractivity contribution in [3.63, 3.8) is 0 Å². The third-order valence-electron chi connectivity index (χ3n) is 3.76. The van der Waals surface area contributed by atoms with E-state index < -0.39 is 0 Å². The topological polar surface area (TPSA) is 21.8 Å². The molecule has 0 spiro atoms. The molecule has 2 nitrogen and oxygen atoms in total. The van der Waals surface area contributed by atoms with E-state index in [0.29, 0.717) is 19.3 Å². The molecule has 0 radical (unpaired) electrons. The van der Waals surface area contributed by atoms with Gasteiger partial charge in [0.1, 0.15) is 5.60 Å². The second kappa shape index (κ2) is 7.39. The monoisotopic (exact) mass is 338 g/mol. The Morgan fingerprint density at radius 1 is 1.40 bits per heavy atom. The lowest BCUT2D eigenvalue weighted by molar-refractivity contribution is 0.0742. The Labute approximate surface area is 130 Å². The average Bonchev–Trinajstić information content (AvgIpc) is 3.09. The summed E-state index contributed by atoms with van der Waals surface area (Å²) in [6.07, 6.45) is 4.74. The van der Waals surface area contributed by atoms with Crippen molar-refractivity contribution in [2.24, 2.45) is 0 Å². The zero-order valence-corrected chi connectivity index (χ0v) is 13.9. The van der Waals surface area contributed by atoms with Gasteiger partial charge in [0.15, 0.2) is 0 Å². The molecule has 0 aliphatic carbocycles. The molecule has 0 aromatic heterocycles. The van der Waals surface area contributed by atoms with Crippen molar-refractivity contribution in [1.29, 1.82) is 0 Å². The van der Waals surface area contributed by atoms with Crippen LogP contribution in [0.4, 0.5) is 0 Å². The molecule has 0 N–H and O–H groups in total. The zero-order chi connectivity index (χ0) is 14.4. The summed E-state index contributed by atoms with van der Waals surface area (Å²) in [4.78, 5) is 0. The first-order chi connectivity index (χ1) is 9.64. The van der Waals surface area contributed by atoms with Crippen molar-refractivity contribution in [2.45, 2.75) is 45.0 Å². The Morgan fingerprint density at radius 3 is 2.85 bits per heavy atom. The molecule has 3 heteroatoms. The highest BCUT2D eigenvalue weighted by atomic mass is 79.9. The van der Waals surface area contributed by atoms with Crippen LogP contribution in [0.5, 0.6) is 0 Å². The minimum Gasteiger partial charge on any atom is -0.374 e. The molecule has 20 heavy (non-hydrogen) atoms. The van der Waals surface area contributed by atoms with Crippen LogP contribution < -0.4 is 0 Å². The molecule has 2 atom stereocenters. The van der Waals surface area contributed by atoms with Gasteiger partial charge in [0.2, 0.25) is 0 Å². The van der Waals surface area contributed by atoms with E-state index in [1.807, 2.05) is 18.2 Å². The first-order valence-corrected chi connectivity index (χ1v) is 8.27. The van der Waals surface area contributed by atoms with Crippen LogP contribution >= 0.6 is 15.9 Å². The quantitative estimate of drug-likeness (QED) is 0.396. The third kappa shape index (κ3) is 4.72. The number of alkyl halides is 1. The second-order valence-electron chi connectivity index (χ2n) is 5.64. The maximum atomic E-state index is 5.81. The Balaban J connectivity index is 1.66. The van der Waals surface area contributed by atoms with Gasteiger partial charge in [-0.2, -0.15) is 0 Å². The Kier molecular flexibility index (Phi) is 5.82. The van der Waals surface area contributed by atoms with Crippen molar-refractivity contribution in [2.75, 3.05) is 11.9 Å². The number of rotatable bonds is 8. The highest BCUT2D eigenvalue weighted by Gasteiger charge is 2.51. The number of ether oxygens (including phenoxy) is 2. The lowest BCUT2D eigenvalue weighted by atomic mass is 10.0. The molecule has 2 rings (SSSR count). The van der Waals surface area contributed by atoms with Gasteiger partial charge in [0.05, 0.1) is 19.3 Å². The second-order valence-corrected chi connectivity index (χ2v) is 6.29. The summed E-state index contributed by atoms with van der Waals surface area (Å²) < 4.78 is 11.6. The van der Waals surface area contributed by atoms with Crippen molar-refractivity contribution in [1.82, 2.24) is 0 Å². The number of hydrogen-bond acceptors (Lipinski definition) is 2. The maximum Gasteiger partial charge on any atom is 0.115 e. The van der Waals surface area contributed by atoms with Gasteiger partial charge in [-0.1, -0.05) is 57.9 Å². The first kappa shape index (κ1) is 15.7. The minimum absolute atomic E-state index is 0.0799. The molecule has 0 bridgehead atoms. The summed E-state index contributed by atoms with van der Waals surface area (Å²) in [5, 5.41) is 0.932. The predicted octanol–water partition coefficient (Wildman–Crippen LogP) is 4.48. The molecule has 1 aromatic carbocycles. The summed E-state index contributed by atoms with van der Waals surface area (Å²) in [7, 11) is 0. The van der Waals surface area contributed by atoms with Gasteiger partial charge in [-0.3, -0.25) is 0 Å². The SMILES string of the molecule is C/C(=C\CBr)CC[C@@H]1O[C@@]1(C)COCc1ccccc1. The van der Waals surface area contributed by atoms with Gasteiger partial charge in [0, 0.05) is 5.33 Å². The molecule has 1 aliphatic heterocycles. The van der Waals surface area contributed by atoms with Crippen LogP contribution in [0.3, 0.4) is 0 Å². The number of halogens is 1. The van der Waals surface area contributed by atoms with E-state index in [4.69, 9.17) is 9.47 Å². The van der Waals surface area contributed by atoms with E-state index in [1.165, 1.54) is 11.1 Å². The Hall–Kier alpha value is -0.640. The van der Waals surface area contributed by atoms with Crippen molar-refractivity contribution in [3.8, 4) is 0 Å². The number of benzene rings is 1. The molecular formula is C17H23BrO2. The van der Waals surface area contributed by atoms with Crippen LogP contribution in [-0.4, -0.2) is 23.6 Å². The molecule has 0 amide bonds. The Bertz CT molecular complexity index is 444. The predicted molar refractivity (Wildman–Crippen MR) is 86.2 cm³/mol. The van der Waals surface area contributed by atoms with Gasteiger partial charge < -0.3 is 9.47 Å². The summed E-state index contributed by atoms with van der Waals surface area (Å²) in [6.45, 7) is 5.65. The van der Waals surface area contributed by atoms with Crippen molar-refractivity contribution in [3.05, 3.63) is 47.5 Å². The van der Waals surface area contributed by atoms with E-state index in [2.05, 4.69) is 48.0 Å².